The van der Waals surface area contributed by atoms with Gasteiger partial charge in [0.25, 0.3) is 0 Å². The fourth-order valence-electron chi connectivity index (χ4n) is 2.58. The van der Waals surface area contributed by atoms with Gasteiger partial charge in [-0.05, 0) is 12.8 Å². The molecule has 0 fully saturated rings. The van der Waals surface area contributed by atoms with Gasteiger partial charge >= 0.3 is 11.9 Å². The van der Waals surface area contributed by atoms with E-state index in [4.69, 9.17) is 14.2 Å². The van der Waals surface area contributed by atoms with Crippen molar-refractivity contribution in [3.8, 4) is 0 Å². The number of carbonyl (C=O) groups excluding carboxylic acids is 2. The number of hydrogen-bond acceptors (Lipinski definition) is 5. The molecule has 0 aliphatic heterocycles. The second kappa shape index (κ2) is 20.2. The first-order chi connectivity index (χ1) is 12.7. The van der Waals surface area contributed by atoms with Crippen LogP contribution in [0.15, 0.2) is 0 Å². The van der Waals surface area contributed by atoms with E-state index in [-0.39, 0.29) is 13.2 Å². The van der Waals surface area contributed by atoms with Crippen molar-refractivity contribution in [2.24, 2.45) is 0 Å². The molecule has 0 saturated heterocycles. The van der Waals surface area contributed by atoms with Crippen LogP contribution < -0.4 is 0 Å². The van der Waals surface area contributed by atoms with E-state index >= 15 is 0 Å². The molecule has 0 heterocycles. The molecule has 5 heteroatoms. The van der Waals surface area contributed by atoms with E-state index in [2.05, 4.69) is 6.92 Å². The van der Waals surface area contributed by atoms with Gasteiger partial charge in [-0.25, -0.2) is 9.59 Å². The standard InChI is InChI=1S/C21H40O5/c1-3-5-7-8-9-10-11-12-13-14-15-17-26-21(23)19-24-18-20(22)25-16-6-4-2/h3-19H2,1-2H3. The lowest BCUT2D eigenvalue weighted by molar-refractivity contribution is -0.155. The number of ether oxygens (including phenoxy) is 3. The SMILES string of the molecule is CCCCCCCCCCCCCOC(=O)COCC(=O)OCCCC. The molecule has 0 atom stereocenters. The van der Waals surface area contributed by atoms with Crippen molar-refractivity contribution in [1.29, 1.82) is 0 Å². The minimum absolute atomic E-state index is 0.194. The van der Waals surface area contributed by atoms with E-state index in [1.165, 1.54) is 57.8 Å². The third-order valence-electron chi connectivity index (χ3n) is 4.21. The Morgan fingerprint density at radius 1 is 0.538 bits per heavy atom. The van der Waals surface area contributed by atoms with Gasteiger partial charge in [-0.3, -0.25) is 0 Å². The van der Waals surface area contributed by atoms with E-state index in [0.717, 1.165) is 25.7 Å². The van der Waals surface area contributed by atoms with Crippen LogP contribution in [0.4, 0.5) is 0 Å². The summed E-state index contributed by atoms with van der Waals surface area (Å²) in [6.45, 7) is 4.71. The zero-order chi connectivity index (χ0) is 19.3. The maximum Gasteiger partial charge on any atom is 0.332 e. The first-order valence-corrected chi connectivity index (χ1v) is 10.6. The van der Waals surface area contributed by atoms with Gasteiger partial charge in [-0.15, -0.1) is 0 Å². The highest BCUT2D eigenvalue weighted by atomic mass is 16.6. The van der Waals surface area contributed by atoms with Gasteiger partial charge in [0.15, 0.2) is 0 Å². The van der Waals surface area contributed by atoms with Crippen LogP contribution in [0.1, 0.15) is 97.3 Å². The van der Waals surface area contributed by atoms with E-state index < -0.39 is 11.9 Å². The lowest BCUT2D eigenvalue weighted by atomic mass is 10.1. The maximum atomic E-state index is 11.5. The van der Waals surface area contributed by atoms with Crippen LogP contribution in [0.2, 0.25) is 0 Å². The summed E-state index contributed by atoms with van der Waals surface area (Å²) in [6.07, 6.45) is 15.7. The smallest absolute Gasteiger partial charge is 0.332 e. The molecule has 0 radical (unpaired) electrons. The van der Waals surface area contributed by atoms with Crippen LogP contribution in [0, 0.1) is 0 Å². The zero-order valence-electron chi connectivity index (χ0n) is 17.1. The van der Waals surface area contributed by atoms with Crippen molar-refractivity contribution in [2.75, 3.05) is 26.4 Å². The fourth-order valence-corrected chi connectivity index (χ4v) is 2.58. The number of esters is 2. The normalized spacial score (nSPS) is 10.7. The number of hydrogen-bond donors (Lipinski definition) is 0. The fraction of sp³-hybridized carbons (Fsp3) is 0.905. The average molecular weight is 373 g/mol. The van der Waals surface area contributed by atoms with Gasteiger partial charge in [-0.2, -0.15) is 0 Å². The van der Waals surface area contributed by atoms with E-state index in [1.807, 2.05) is 6.92 Å². The van der Waals surface area contributed by atoms with Crippen LogP contribution in [0.5, 0.6) is 0 Å². The van der Waals surface area contributed by atoms with Gasteiger partial charge < -0.3 is 14.2 Å². The molecule has 0 rings (SSSR count). The van der Waals surface area contributed by atoms with Gasteiger partial charge in [0.1, 0.15) is 13.2 Å². The molecule has 5 nitrogen and oxygen atoms in total. The molecule has 26 heavy (non-hydrogen) atoms. The zero-order valence-corrected chi connectivity index (χ0v) is 17.1. The summed E-state index contributed by atoms with van der Waals surface area (Å²) in [5, 5.41) is 0. The summed E-state index contributed by atoms with van der Waals surface area (Å²) >= 11 is 0. The Hall–Kier alpha value is -1.10. The molecule has 0 unspecified atom stereocenters. The van der Waals surface area contributed by atoms with Gasteiger partial charge in [0.05, 0.1) is 13.2 Å². The summed E-state index contributed by atoms with van der Waals surface area (Å²) in [4.78, 5) is 22.7. The Morgan fingerprint density at radius 2 is 0.923 bits per heavy atom. The van der Waals surface area contributed by atoms with Crippen LogP contribution >= 0.6 is 0 Å². The minimum Gasteiger partial charge on any atom is -0.464 e. The maximum absolute atomic E-state index is 11.5. The largest absolute Gasteiger partial charge is 0.464 e. The van der Waals surface area contributed by atoms with E-state index in [1.54, 1.807) is 0 Å². The molecule has 0 aliphatic rings. The predicted molar refractivity (Wildman–Crippen MR) is 104 cm³/mol. The number of rotatable bonds is 19. The van der Waals surface area contributed by atoms with E-state index in [0.29, 0.717) is 13.2 Å². The molecule has 0 aromatic carbocycles. The van der Waals surface area contributed by atoms with E-state index in [9.17, 15) is 9.59 Å². The molecule has 0 amide bonds. The van der Waals surface area contributed by atoms with Crippen molar-refractivity contribution in [3.63, 3.8) is 0 Å². The third kappa shape index (κ3) is 19.2. The summed E-state index contributed by atoms with van der Waals surface area (Å²) in [5.41, 5.74) is 0. The molecule has 0 N–H and O–H groups in total. The van der Waals surface area contributed by atoms with Crippen LogP contribution in [-0.2, 0) is 23.8 Å². The lowest BCUT2D eigenvalue weighted by Gasteiger charge is -2.06. The van der Waals surface area contributed by atoms with Crippen molar-refractivity contribution in [1.82, 2.24) is 0 Å². The molecular weight excluding hydrogens is 332 g/mol. The van der Waals surface area contributed by atoms with Crippen molar-refractivity contribution >= 4 is 11.9 Å². The third-order valence-corrected chi connectivity index (χ3v) is 4.21. The van der Waals surface area contributed by atoms with Crippen LogP contribution in [0.25, 0.3) is 0 Å². The average Bonchev–Trinajstić information content (AvgIpc) is 2.63. The molecule has 0 bridgehead atoms. The molecule has 0 aromatic rings. The summed E-state index contributed by atoms with van der Waals surface area (Å²) in [6, 6.07) is 0. The highest BCUT2D eigenvalue weighted by Crippen LogP contribution is 2.11. The first-order valence-electron chi connectivity index (χ1n) is 10.6. The topological polar surface area (TPSA) is 61.8 Å². The Kier molecular flexibility index (Phi) is 19.4. The summed E-state index contributed by atoms with van der Waals surface area (Å²) in [7, 11) is 0. The van der Waals surface area contributed by atoms with Gasteiger partial charge in [0.2, 0.25) is 0 Å². The first kappa shape index (κ1) is 24.9. The second-order valence-corrected chi connectivity index (χ2v) is 6.82. The minimum atomic E-state index is -0.434. The molecule has 0 spiro atoms. The van der Waals surface area contributed by atoms with Crippen molar-refractivity contribution in [2.45, 2.75) is 97.3 Å². The van der Waals surface area contributed by atoms with Gasteiger partial charge in [-0.1, -0.05) is 84.5 Å². The second-order valence-electron chi connectivity index (χ2n) is 6.82. The highest BCUT2D eigenvalue weighted by molar-refractivity contribution is 5.73. The molecule has 0 aliphatic carbocycles. The Morgan fingerprint density at radius 3 is 1.38 bits per heavy atom. The Bertz CT molecular complexity index is 330. The number of carbonyl (C=O) groups is 2. The van der Waals surface area contributed by atoms with Gasteiger partial charge in [0, 0.05) is 0 Å². The predicted octanol–water partition coefficient (Wildman–Crippen LogP) is 5.20. The highest BCUT2D eigenvalue weighted by Gasteiger charge is 2.07. The molecule has 0 saturated carbocycles. The van der Waals surface area contributed by atoms with Crippen molar-refractivity contribution < 1.29 is 23.8 Å². The van der Waals surface area contributed by atoms with Crippen LogP contribution in [0.3, 0.4) is 0 Å². The quantitative estimate of drug-likeness (QED) is 0.230. The lowest BCUT2D eigenvalue weighted by Crippen LogP contribution is -2.19. The molecular formula is C21H40O5. The summed E-state index contributed by atoms with van der Waals surface area (Å²) in [5.74, 6) is -0.852. The van der Waals surface area contributed by atoms with Crippen molar-refractivity contribution in [3.05, 3.63) is 0 Å². The van der Waals surface area contributed by atoms with Crippen LogP contribution in [-0.4, -0.2) is 38.4 Å². The summed E-state index contributed by atoms with van der Waals surface area (Å²) < 4.78 is 15.0. The molecule has 154 valence electrons. The molecule has 0 aromatic heterocycles. The Balaban J connectivity index is 3.25. The number of unbranched alkanes of at least 4 members (excludes halogenated alkanes) is 11. The Labute approximate surface area is 160 Å². The monoisotopic (exact) mass is 372 g/mol.